The van der Waals surface area contributed by atoms with Gasteiger partial charge in [-0.25, -0.2) is 0 Å². The largest absolute Gasteiger partial charge is 0.373 e. The van der Waals surface area contributed by atoms with E-state index in [0.717, 1.165) is 5.69 Å². The van der Waals surface area contributed by atoms with Crippen molar-refractivity contribution in [3.63, 3.8) is 0 Å². The van der Waals surface area contributed by atoms with Crippen LogP contribution in [0.25, 0.3) is 0 Å². The van der Waals surface area contributed by atoms with E-state index in [1.165, 1.54) is 0 Å². The first kappa shape index (κ1) is 8.29. The van der Waals surface area contributed by atoms with E-state index in [0.29, 0.717) is 0 Å². The molecule has 3 nitrogen and oxygen atoms in total. The highest BCUT2D eigenvalue weighted by atomic mass is 16.3. The van der Waals surface area contributed by atoms with E-state index >= 15 is 0 Å². The average Bonchev–Trinajstić information content (AvgIpc) is 2.49. The van der Waals surface area contributed by atoms with Crippen LogP contribution in [0.2, 0.25) is 0 Å². The molecule has 1 atom stereocenters. The predicted molar refractivity (Wildman–Crippen MR) is 51.8 cm³/mol. The molecule has 1 aromatic carbocycles. The van der Waals surface area contributed by atoms with Crippen LogP contribution >= 0.6 is 0 Å². The molecule has 3 heteroatoms. The molecule has 0 fully saturated rings. The summed E-state index contributed by atoms with van der Waals surface area (Å²) in [5.74, 6) is 0. The number of hydrazine groups is 1. The van der Waals surface area contributed by atoms with Gasteiger partial charge in [-0.1, -0.05) is 18.2 Å². The van der Waals surface area contributed by atoms with E-state index in [4.69, 9.17) is 0 Å². The van der Waals surface area contributed by atoms with Gasteiger partial charge in [-0.3, -0.25) is 5.01 Å². The number of hydrogen-bond acceptors (Lipinski definition) is 3. The molecule has 1 N–H and O–H groups in total. The van der Waals surface area contributed by atoms with Crippen LogP contribution in [0.3, 0.4) is 0 Å². The summed E-state index contributed by atoms with van der Waals surface area (Å²) < 4.78 is 0. The highest BCUT2D eigenvalue weighted by molar-refractivity contribution is 5.48. The zero-order valence-corrected chi connectivity index (χ0v) is 7.46. The molecule has 1 aromatic rings. The molecule has 68 valence electrons. The molecule has 0 aromatic heterocycles. The van der Waals surface area contributed by atoms with Crippen molar-refractivity contribution in [2.24, 2.45) is 0 Å². The third-order valence-electron chi connectivity index (χ3n) is 2.14. The molecule has 1 unspecified atom stereocenters. The Morgan fingerprint density at radius 1 is 1.23 bits per heavy atom. The van der Waals surface area contributed by atoms with Crippen LogP contribution in [0, 0.1) is 0 Å². The maximum Gasteiger partial charge on any atom is 0.145 e. The van der Waals surface area contributed by atoms with Crippen molar-refractivity contribution in [3.8, 4) is 0 Å². The highest BCUT2D eigenvalue weighted by Gasteiger charge is 2.20. The van der Waals surface area contributed by atoms with E-state index in [2.05, 4.69) is 0 Å². The van der Waals surface area contributed by atoms with Crippen LogP contribution in [0.15, 0.2) is 42.6 Å². The smallest absolute Gasteiger partial charge is 0.145 e. The number of anilines is 1. The standard InChI is InChI=1S/C10H12N2O/c1-11-10(13)7-8-12(11)9-5-3-2-4-6-9/h2-8,10,13H,1H3. The summed E-state index contributed by atoms with van der Waals surface area (Å²) in [5.41, 5.74) is 1.05. The summed E-state index contributed by atoms with van der Waals surface area (Å²) >= 11 is 0. The molecule has 0 saturated carbocycles. The minimum Gasteiger partial charge on any atom is -0.373 e. The lowest BCUT2D eigenvalue weighted by Gasteiger charge is -2.27. The van der Waals surface area contributed by atoms with Gasteiger partial charge in [0.15, 0.2) is 0 Å². The summed E-state index contributed by atoms with van der Waals surface area (Å²) in [6.45, 7) is 0. The van der Waals surface area contributed by atoms with Gasteiger partial charge in [0, 0.05) is 13.2 Å². The topological polar surface area (TPSA) is 26.7 Å². The number of rotatable bonds is 1. The Labute approximate surface area is 77.5 Å². The van der Waals surface area contributed by atoms with E-state index in [9.17, 15) is 5.11 Å². The summed E-state index contributed by atoms with van der Waals surface area (Å²) in [6, 6.07) is 9.92. The molecule has 0 aliphatic carbocycles. The van der Waals surface area contributed by atoms with Crippen molar-refractivity contribution < 1.29 is 5.11 Å². The molecular formula is C10H12N2O. The fraction of sp³-hybridized carbons (Fsp3) is 0.200. The first-order valence-electron chi connectivity index (χ1n) is 4.22. The molecule has 0 spiro atoms. The zero-order chi connectivity index (χ0) is 9.26. The van der Waals surface area contributed by atoms with E-state index < -0.39 is 6.23 Å². The maximum absolute atomic E-state index is 9.43. The van der Waals surface area contributed by atoms with Gasteiger partial charge < -0.3 is 5.11 Å². The lowest BCUT2D eigenvalue weighted by Crippen LogP contribution is -2.37. The van der Waals surface area contributed by atoms with E-state index in [-0.39, 0.29) is 0 Å². The molecule has 0 radical (unpaired) electrons. The van der Waals surface area contributed by atoms with Crippen LogP contribution < -0.4 is 5.01 Å². The third kappa shape index (κ3) is 1.43. The molecule has 0 amide bonds. The van der Waals surface area contributed by atoms with E-state index in [1.807, 2.05) is 48.6 Å². The Bertz CT molecular complexity index is 310. The van der Waals surface area contributed by atoms with Gasteiger partial charge in [-0.15, -0.1) is 0 Å². The van der Waals surface area contributed by atoms with Crippen LogP contribution in [-0.4, -0.2) is 23.4 Å². The number of para-hydroxylation sites is 1. The molecule has 1 aliphatic heterocycles. The Morgan fingerprint density at radius 3 is 2.46 bits per heavy atom. The van der Waals surface area contributed by atoms with Crippen molar-refractivity contribution >= 4 is 5.69 Å². The van der Waals surface area contributed by atoms with Crippen molar-refractivity contribution in [3.05, 3.63) is 42.6 Å². The number of hydrogen-bond donors (Lipinski definition) is 1. The van der Waals surface area contributed by atoms with E-state index in [1.54, 1.807) is 11.1 Å². The van der Waals surface area contributed by atoms with Crippen LogP contribution in [0.1, 0.15) is 0 Å². The SMILES string of the molecule is CN1C(O)C=CN1c1ccccc1. The molecule has 0 saturated heterocycles. The molecule has 13 heavy (non-hydrogen) atoms. The van der Waals surface area contributed by atoms with Gasteiger partial charge in [0.2, 0.25) is 0 Å². The fourth-order valence-corrected chi connectivity index (χ4v) is 1.36. The Morgan fingerprint density at radius 2 is 1.92 bits per heavy atom. The fourth-order valence-electron chi connectivity index (χ4n) is 1.36. The average molecular weight is 176 g/mol. The second-order valence-electron chi connectivity index (χ2n) is 3.01. The van der Waals surface area contributed by atoms with Gasteiger partial charge in [0.1, 0.15) is 6.23 Å². The first-order chi connectivity index (χ1) is 6.29. The quantitative estimate of drug-likeness (QED) is 0.696. The van der Waals surface area contributed by atoms with Crippen LogP contribution in [0.4, 0.5) is 5.69 Å². The summed E-state index contributed by atoms with van der Waals surface area (Å²) in [7, 11) is 1.84. The zero-order valence-electron chi connectivity index (χ0n) is 7.46. The van der Waals surface area contributed by atoms with Crippen molar-refractivity contribution in [1.29, 1.82) is 0 Å². The van der Waals surface area contributed by atoms with Crippen LogP contribution in [-0.2, 0) is 0 Å². The number of likely N-dealkylation sites (N-methyl/N-ethyl adjacent to an activating group) is 1. The van der Waals surface area contributed by atoms with Crippen LogP contribution in [0.5, 0.6) is 0 Å². The minimum atomic E-state index is -0.514. The second kappa shape index (κ2) is 3.20. The van der Waals surface area contributed by atoms with Gasteiger partial charge in [0.25, 0.3) is 0 Å². The Kier molecular flexibility index (Phi) is 2.04. The van der Waals surface area contributed by atoms with Gasteiger partial charge in [-0.05, 0) is 18.2 Å². The van der Waals surface area contributed by atoms with Gasteiger partial charge in [-0.2, -0.15) is 5.01 Å². The number of nitrogens with zero attached hydrogens (tertiary/aromatic N) is 2. The minimum absolute atomic E-state index is 0.514. The summed E-state index contributed by atoms with van der Waals surface area (Å²) in [4.78, 5) is 0. The molecule has 2 rings (SSSR count). The number of benzene rings is 1. The lowest BCUT2D eigenvalue weighted by atomic mass is 10.3. The van der Waals surface area contributed by atoms with Gasteiger partial charge in [0.05, 0.1) is 5.69 Å². The predicted octanol–water partition coefficient (Wildman–Crippen LogP) is 1.19. The van der Waals surface area contributed by atoms with Crippen molar-refractivity contribution in [2.75, 3.05) is 12.1 Å². The molecular weight excluding hydrogens is 164 g/mol. The number of aliphatic hydroxyl groups excluding tert-OH is 1. The van der Waals surface area contributed by atoms with Crippen molar-refractivity contribution in [2.45, 2.75) is 6.23 Å². The lowest BCUT2D eigenvalue weighted by molar-refractivity contribution is 0.0755. The monoisotopic (exact) mass is 176 g/mol. The first-order valence-corrected chi connectivity index (χ1v) is 4.22. The number of aliphatic hydroxyl groups is 1. The molecule has 1 aliphatic rings. The summed E-state index contributed by atoms with van der Waals surface area (Å²) in [5, 5.41) is 13.1. The maximum atomic E-state index is 9.43. The third-order valence-corrected chi connectivity index (χ3v) is 2.14. The highest BCUT2D eigenvalue weighted by Crippen LogP contribution is 2.20. The Balaban J connectivity index is 2.24. The normalized spacial score (nSPS) is 22.6. The van der Waals surface area contributed by atoms with Crippen molar-refractivity contribution in [1.82, 2.24) is 5.01 Å². The molecule has 1 heterocycles. The second-order valence-corrected chi connectivity index (χ2v) is 3.01. The van der Waals surface area contributed by atoms with Gasteiger partial charge >= 0.3 is 0 Å². The molecule has 0 bridgehead atoms. The summed E-state index contributed by atoms with van der Waals surface area (Å²) in [6.07, 6.45) is 3.09. The Hall–Kier alpha value is -1.32.